The Hall–Kier alpha value is -0.430. The number of nitrogens with one attached hydrogen (secondary N) is 1. The summed E-state index contributed by atoms with van der Waals surface area (Å²) in [5.74, 6) is 1.23. The van der Waals surface area contributed by atoms with Crippen LogP contribution in [-0.4, -0.2) is 38.0 Å². The molecule has 0 radical (unpaired) electrons. The van der Waals surface area contributed by atoms with E-state index in [9.17, 15) is 13.5 Å². The van der Waals surface area contributed by atoms with Crippen molar-refractivity contribution in [3.63, 3.8) is 0 Å². The minimum atomic E-state index is -3.36. The molecule has 2 rings (SSSR count). The smallest absolute Gasteiger partial charge is 0.190 e. The molecule has 21 heavy (non-hydrogen) atoms. The fraction of sp³-hybridized carbons (Fsp3) is 0.733. The van der Waals surface area contributed by atoms with Gasteiger partial charge in [0.15, 0.2) is 9.84 Å². The van der Waals surface area contributed by atoms with Gasteiger partial charge >= 0.3 is 0 Å². The quantitative estimate of drug-likeness (QED) is 0.839. The number of thiophene rings is 1. The fourth-order valence-electron chi connectivity index (χ4n) is 2.87. The maximum Gasteiger partial charge on any atom is 0.190 e. The Bertz CT molecular complexity index is 527. The minimum Gasteiger partial charge on any atom is -0.391 e. The van der Waals surface area contributed by atoms with Crippen LogP contribution >= 0.6 is 11.3 Å². The highest BCUT2D eigenvalue weighted by molar-refractivity contribution is 7.93. The second kappa shape index (κ2) is 7.22. The largest absolute Gasteiger partial charge is 0.391 e. The molecular weight excluding hydrogens is 306 g/mol. The highest BCUT2D eigenvalue weighted by Gasteiger charge is 2.26. The van der Waals surface area contributed by atoms with Gasteiger partial charge < -0.3 is 10.4 Å². The molecule has 4 atom stereocenters. The molecule has 1 aromatic heterocycles. The summed E-state index contributed by atoms with van der Waals surface area (Å²) in [5.41, 5.74) is 0. The average molecular weight is 332 g/mol. The van der Waals surface area contributed by atoms with E-state index >= 15 is 0 Å². The maximum atomic E-state index is 12.1. The van der Waals surface area contributed by atoms with Crippen LogP contribution in [0.2, 0.25) is 0 Å². The van der Waals surface area contributed by atoms with Crippen LogP contribution in [0.3, 0.4) is 0 Å². The van der Waals surface area contributed by atoms with Gasteiger partial charge in [-0.3, -0.25) is 0 Å². The highest BCUT2D eigenvalue weighted by atomic mass is 32.2. The first-order valence-electron chi connectivity index (χ1n) is 7.56. The van der Waals surface area contributed by atoms with Gasteiger partial charge in [0.2, 0.25) is 0 Å². The van der Waals surface area contributed by atoms with E-state index in [1.54, 1.807) is 17.5 Å². The molecule has 0 amide bonds. The summed E-state index contributed by atoms with van der Waals surface area (Å²) in [6.45, 7) is 4.88. The van der Waals surface area contributed by atoms with E-state index < -0.39 is 15.9 Å². The van der Waals surface area contributed by atoms with E-state index in [2.05, 4.69) is 19.2 Å². The van der Waals surface area contributed by atoms with Crippen molar-refractivity contribution in [2.24, 2.45) is 11.8 Å². The van der Waals surface area contributed by atoms with Gasteiger partial charge in [-0.15, -0.1) is 11.3 Å². The van der Waals surface area contributed by atoms with Gasteiger partial charge in [-0.1, -0.05) is 19.9 Å². The van der Waals surface area contributed by atoms with Crippen LogP contribution in [0.25, 0.3) is 0 Å². The molecule has 0 saturated heterocycles. The van der Waals surface area contributed by atoms with Gasteiger partial charge in [-0.2, -0.15) is 0 Å². The lowest BCUT2D eigenvalue weighted by Crippen LogP contribution is -2.41. The Morgan fingerprint density at radius 3 is 2.76 bits per heavy atom. The van der Waals surface area contributed by atoms with Crippen molar-refractivity contribution in [3.8, 4) is 0 Å². The maximum absolute atomic E-state index is 12.1. The summed E-state index contributed by atoms with van der Waals surface area (Å²) in [5, 5.41) is 15.1. The van der Waals surface area contributed by atoms with Crippen LogP contribution < -0.4 is 5.32 Å². The summed E-state index contributed by atoms with van der Waals surface area (Å²) in [4.78, 5) is 0. The molecule has 0 spiro atoms. The molecule has 1 aliphatic carbocycles. The standard InChI is InChI=1S/C15H25NO3S2/c1-11-5-6-13(8-12(11)2)16-9-14(17)10-21(18,19)15-4-3-7-20-15/h3-4,7,11-14,16-17H,5-6,8-10H2,1-2H3/t11-,12-,13+,14+/m1/s1. The normalized spacial score (nSPS) is 28.4. The Kier molecular flexibility index (Phi) is 5.82. The first kappa shape index (κ1) is 16.9. The SMILES string of the molecule is C[C@@H]1CC[C@H](NC[C@H](O)CS(=O)(=O)c2cccs2)C[C@H]1C. The van der Waals surface area contributed by atoms with E-state index in [4.69, 9.17) is 0 Å². The molecule has 1 saturated carbocycles. The predicted molar refractivity (Wildman–Crippen MR) is 86.3 cm³/mol. The molecule has 1 heterocycles. The molecule has 4 nitrogen and oxygen atoms in total. The summed E-state index contributed by atoms with van der Waals surface area (Å²) < 4.78 is 24.5. The van der Waals surface area contributed by atoms with E-state index in [0.29, 0.717) is 22.7 Å². The molecule has 0 unspecified atom stereocenters. The van der Waals surface area contributed by atoms with Crippen molar-refractivity contribution < 1.29 is 13.5 Å². The summed E-state index contributed by atoms with van der Waals surface area (Å²) >= 11 is 1.20. The van der Waals surface area contributed by atoms with Crippen LogP contribution in [0.15, 0.2) is 21.7 Å². The third-order valence-corrected chi connectivity index (χ3v) is 7.74. The zero-order valence-electron chi connectivity index (χ0n) is 12.7. The van der Waals surface area contributed by atoms with E-state index in [0.717, 1.165) is 18.8 Å². The third-order valence-electron chi connectivity index (χ3n) is 4.45. The van der Waals surface area contributed by atoms with Crippen LogP contribution in [0.1, 0.15) is 33.1 Å². The second-order valence-corrected chi connectivity index (χ2v) is 9.45. The van der Waals surface area contributed by atoms with Crippen molar-refractivity contribution in [3.05, 3.63) is 17.5 Å². The number of aliphatic hydroxyl groups is 1. The summed E-state index contributed by atoms with van der Waals surface area (Å²) in [7, 11) is -3.36. The number of hydrogen-bond acceptors (Lipinski definition) is 5. The zero-order chi connectivity index (χ0) is 15.5. The minimum absolute atomic E-state index is 0.209. The van der Waals surface area contributed by atoms with Crippen LogP contribution in [0.4, 0.5) is 0 Å². The number of sulfone groups is 1. The summed E-state index contributed by atoms with van der Waals surface area (Å²) in [6, 6.07) is 3.70. The Morgan fingerprint density at radius 1 is 1.38 bits per heavy atom. The van der Waals surface area contributed by atoms with E-state index in [-0.39, 0.29) is 5.75 Å². The van der Waals surface area contributed by atoms with Gasteiger partial charge in [-0.25, -0.2) is 8.42 Å². The average Bonchev–Trinajstić information content (AvgIpc) is 2.94. The number of aliphatic hydroxyl groups excluding tert-OH is 1. The predicted octanol–water partition coefficient (Wildman–Crippen LogP) is 2.30. The number of hydrogen-bond donors (Lipinski definition) is 2. The monoisotopic (exact) mass is 331 g/mol. The van der Waals surface area contributed by atoms with Crippen LogP contribution in [-0.2, 0) is 9.84 Å². The van der Waals surface area contributed by atoms with E-state index in [1.165, 1.54) is 17.8 Å². The lowest BCUT2D eigenvalue weighted by molar-refractivity contribution is 0.168. The van der Waals surface area contributed by atoms with E-state index in [1.807, 2.05) is 0 Å². The lowest BCUT2D eigenvalue weighted by Gasteiger charge is -2.33. The highest BCUT2D eigenvalue weighted by Crippen LogP contribution is 2.29. The molecule has 0 bridgehead atoms. The van der Waals surface area contributed by atoms with Gasteiger partial charge in [0.05, 0.1) is 11.9 Å². The first-order chi connectivity index (χ1) is 9.88. The molecule has 1 aliphatic rings. The van der Waals surface area contributed by atoms with Crippen LogP contribution in [0, 0.1) is 11.8 Å². The molecule has 120 valence electrons. The Balaban J connectivity index is 1.79. The topological polar surface area (TPSA) is 66.4 Å². The molecule has 6 heteroatoms. The van der Waals surface area contributed by atoms with Crippen molar-refractivity contribution in [2.75, 3.05) is 12.3 Å². The fourth-order valence-corrected chi connectivity index (χ4v) is 5.35. The van der Waals surface area contributed by atoms with Crippen molar-refractivity contribution >= 4 is 21.2 Å². The molecule has 0 aliphatic heterocycles. The van der Waals surface area contributed by atoms with Crippen molar-refractivity contribution in [1.82, 2.24) is 5.32 Å². The molecule has 1 fully saturated rings. The molecule has 2 N–H and O–H groups in total. The molecule has 1 aromatic rings. The van der Waals surface area contributed by atoms with Gasteiger partial charge in [0.25, 0.3) is 0 Å². The number of rotatable bonds is 6. The summed E-state index contributed by atoms with van der Waals surface area (Å²) in [6.07, 6.45) is 2.55. The first-order valence-corrected chi connectivity index (χ1v) is 10.1. The zero-order valence-corrected chi connectivity index (χ0v) is 14.3. The van der Waals surface area contributed by atoms with Gasteiger partial charge in [0, 0.05) is 12.6 Å². The van der Waals surface area contributed by atoms with Crippen molar-refractivity contribution in [1.29, 1.82) is 0 Å². The van der Waals surface area contributed by atoms with Crippen LogP contribution in [0.5, 0.6) is 0 Å². The lowest BCUT2D eigenvalue weighted by atomic mass is 9.79. The Labute approximate surface area is 131 Å². The van der Waals surface area contributed by atoms with Gasteiger partial charge in [0.1, 0.15) is 4.21 Å². The molecular formula is C15H25NO3S2. The van der Waals surface area contributed by atoms with Gasteiger partial charge in [-0.05, 0) is 42.5 Å². The second-order valence-electron chi connectivity index (χ2n) is 6.24. The molecule has 0 aromatic carbocycles. The Morgan fingerprint density at radius 2 is 2.14 bits per heavy atom. The van der Waals surface area contributed by atoms with Crippen molar-refractivity contribution in [2.45, 2.75) is 49.5 Å². The third kappa shape index (κ3) is 4.77.